The standard InChI is InChI=1S/C11H19N3O5/c1-2-3-14-4-6(12-13-14)11-10(18)9(17)8(16)7(5-15)19-11/h4,7-11,15-18H,2-3,5H2,1H3/t7?,8-,9?,10?,11-/m0/s1. The van der Waals surface area contributed by atoms with E-state index in [1.165, 1.54) is 0 Å². The fourth-order valence-electron chi connectivity index (χ4n) is 2.13. The Morgan fingerprint density at radius 2 is 2.00 bits per heavy atom. The van der Waals surface area contributed by atoms with E-state index >= 15 is 0 Å². The number of hydrogen-bond donors (Lipinski definition) is 4. The first-order valence-corrected chi connectivity index (χ1v) is 6.29. The molecule has 1 aromatic rings. The molecule has 0 spiro atoms. The Labute approximate surface area is 110 Å². The molecule has 8 heteroatoms. The van der Waals surface area contributed by atoms with E-state index in [4.69, 9.17) is 9.84 Å². The number of aromatic nitrogens is 3. The van der Waals surface area contributed by atoms with Crippen LogP contribution in [0.25, 0.3) is 0 Å². The zero-order chi connectivity index (χ0) is 14.0. The quantitative estimate of drug-likeness (QED) is 0.511. The summed E-state index contributed by atoms with van der Waals surface area (Å²) in [7, 11) is 0. The van der Waals surface area contributed by atoms with Crippen LogP contribution in [0.2, 0.25) is 0 Å². The van der Waals surface area contributed by atoms with Crippen molar-refractivity contribution < 1.29 is 25.2 Å². The van der Waals surface area contributed by atoms with Crippen LogP contribution in [0.15, 0.2) is 6.20 Å². The van der Waals surface area contributed by atoms with Gasteiger partial charge in [-0.3, -0.25) is 4.68 Å². The lowest BCUT2D eigenvalue weighted by molar-refractivity contribution is -0.232. The number of aliphatic hydroxyl groups is 4. The van der Waals surface area contributed by atoms with Gasteiger partial charge in [0.1, 0.15) is 36.2 Å². The second kappa shape index (κ2) is 5.93. The summed E-state index contributed by atoms with van der Waals surface area (Å²) in [5.74, 6) is 0. The van der Waals surface area contributed by atoms with Gasteiger partial charge >= 0.3 is 0 Å². The summed E-state index contributed by atoms with van der Waals surface area (Å²) >= 11 is 0. The van der Waals surface area contributed by atoms with Gasteiger partial charge in [0, 0.05) is 6.54 Å². The topological polar surface area (TPSA) is 121 Å². The molecule has 0 bridgehead atoms. The molecule has 0 radical (unpaired) electrons. The summed E-state index contributed by atoms with van der Waals surface area (Å²) in [5, 5.41) is 46.2. The van der Waals surface area contributed by atoms with Gasteiger partial charge < -0.3 is 25.2 Å². The van der Waals surface area contributed by atoms with E-state index in [0.29, 0.717) is 12.2 Å². The molecule has 0 saturated carbocycles. The second-order valence-electron chi connectivity index (χ2n) is 4.66. The number of aryl methyl sites for hydroxylation is 1. The Morgan fingerprint density at radius 3 is 2.63 bits per heavy atom. The molecule has 0 aliphatic carbocycles. The summed E-state index contributed by atoms with van der Waals surface area (Å²) < 4.78 is 6.99. The monoisotopic (exact) mass is 273 g/mol. The predicted octanol–water partition coefficient (Wildman–Crippen LogP) is -1.80. The van der Waals surface area contributed by atoms with E-state index in [0.717, 1.165) is 6.42 Å². The van der Waals surface area contributed by atoms with Crippen LogP contribution in [0.3, 0.4) is 0 Å². The maximum atomic E-state index is 9.92. The molecular formula is C11H19N3O5. The molecule has 1 aliphatic heterocycles. The molecule has 0 amide bonds. The highest BCUT2D eigenvalue weighted by molar-refractivity contribution is 5.06. The highest BCUT2D eigenvalue weighted by Crippen LogP contribution is 2.30. The van der Waals surface area contributed by atoms with Gasteiger partial charge in [0.05, 0.1) is 12.8 Å². The van der Waals surface area contributed by atoms with Crippen LogP contribution in [0, 0.1) is 0 Å². The molecule has 8 nitrogen and oxygen atoms in total. The number of hydrogen-bond acceptors (Lipinski definition) is 7. The van der Waals surface area contributed by atoms with Crippen molar-refractivity contribution >= 4 is 0 Å². The Balaban J connectivity index is 2.17. The number of rotatable bonds is 4. The van der Waals surface area contributed by atoms with Crippen LogP contribution in [0.1, 0.15) is 25.1 Å². The Kier molecular flexibility index (Phi) is 4.48. The zero-order valence-electron chi connectivity index (χ0n) is 10.6. The van der Waals surface area contributed by atoms with Crippen molar-refractivity contribution in [1.82, 2.24) is 15.0 Å². The highest BCUT2D eigenvalue weighted by Gasteiger charge is 2.44. The van der Waals surface area contributed by atoms with Gasteiger partial charge in [-0.15, -0.1) is 5.10 Å². The molecule has 1 aliphatic rings. The molecular weight excluding hydrogens is 254 g/mol. The van der Waals surface area contributed by atoms with Crippen LogP contribution in [-0.4, -0.2) is 66.4 Å². The van der Waals surface area contributed by atoms with E-state index in [9.17, 15) is 15.3 Å². The fraction of sp³-hybridized carbons (Fsp3) is 0.818. The molecule has 0 aromatic carbocycles. The molecule has 2 heterocycles. The van der Waals surface area contributed by atoms with Crippen LogP contribution in [0.5, 0.6) is 0 Å². The van der Waals surface area contributed by atoms with Gasteiger partial charge in [0.2, 0.25) is 0 Å². The molecule has 1 aromatic heterocycles. The summed E-state index contributed by atoms with van der Waals surface area (Å²) in [4.78, 5) is 0. The van der Waals surface area contributed by atoms with E-state index in [1.807, 2.05) is 6.92 Å². The van der Waals surface area contributed by atoms with Gasteiger partial charge in [-0.25, -0.2) is 0 Å². The minimum atomic E-state index is -1.40. The van der Waals surface area contributed by atoms with Crippen LogP contribution >= 0.6 is 0 Å². The molecule has 3 unspecified atom stereocenters. The first-order valence-electron chi connectivity index (χ1n) is 6.29. The van der Waals surface area contributed by atoms with Crippen molar-refractivity contribution in [3.8, 4) is 0 Å². The van der Waals surface area contributed by atoms with Crippen molar-refractivity contribution in [2.24, 2.45) is 0 Å². The summed E-state index contributed by atoms with van der Waals surface area (Å²) in [6.07, 6.45) is -3.41. The Hall–Kier alpha value is -1.06. The highest BCUT2D eigenvalue weighted by atomic mass is 16.5. The molecule has 5 atom stereocenters. The predicted molar refractivity (Wildman–Crippen MR) is 63.0 cm³/mol. The minimum absolute atomic E-state index is 0.366. The number of ether oxygens (including phenoxy) is 1. The van der Waals surface area contributed by atoms with Crippen molar-refractivity contribution in [1.29, 1.82) is 0 Å². The van der Waals surface area contributed by atoms with Crippen molar-refractivity contribution in [2.45, 2.75) is 50.4 Å². The average Bonchev–Trinajstić information content (AvgIpc) is 2.85. The molecule has 19 heavy (non-hydrogen) atoms. The van der Waals surface area contributed by atoms with Crippen LogP contribution in [0.4, 0.5) is 0 Å². The van der Waals surface area contributed by atoms with E-state index in [-0.39, 0.29) is 0 Å². The van der Waals surface area contributed by atoms with Gasteiger partial charge in [0.25, 0.3) is 0 Å². The van der Waals surface area contributed by atoms with E-state index < -0.39 is 37.1 Å². The first kappa shape index (κ1) is 14.4. The minimum Gasteiger partial charge on any atom is -0.394 e. The lowest BCUT2D eigenvalue weighted by Gasteiger charge is -2.39. The maximum Gasteiger partial charge on any atom is 0.132 e. The zero-order valence-corrected chi connectivity index (χ0v) is 10.6. The Morgan fingerprint density at radius 1 is 1.26 bits per heavy atom. The molecule has 108 valence electrons. The second-order valence-corrected chi connectivity index (χ2v) is 4.66. The normalized spacial score (nSPS) is 35.5. The molecule has 2 rings (SSSR count). The van der Waals surface area contributed by atoms with E-state index in [1.54, 1.807) is 10.9 Å². The van der Waals surface area contributed by atoms with Crippen LogP contribution < -0.4 is 0 Å². The first-order chi connectivity index (χ1) is 9.08. The van der Waals surface area contributed by atoms with E-state index in [2.05, 4.69) is 10.3 Å². The number of nitrogens with zero attached hydrogens (tertiary/aromatic N) is 3. The smallest absolute Gasteiger partial charge is 0.132 e. The molecule has 1 saturated heterocycles. The molecule has 4 N–H and O–H groups in total. The molecule has 1 fully saturated rings. The third-order valence-electron chi connectivity index (χ3n) is 3.19. The van der Waals surface area contributed by atoms with Gasteiger partial charge in [-0.1, -0.05) is 12.1 Å². The van der Waals surface area contributed by atoms with Crippen molar-refractivity contribution in [2.75, 3.05) is 6.61 Å². The lowest BCUT2D eigenvalue weighted by atomic mass is 9.94. The van der Waals surface area contributed by atoms with Gasteiger partial charge in [0.15, 0.2) is 0 Å². The average molecular weight is 273 g/mol. The summed E-state index contributed by atoms with van der Waals surface area (Å²) in [6.45, 7) is 2.23. The number of aliphatic hydroxyl groups excluding tert-OH is 4. The fourth-order valence-corrected chi connectivity index (χ4v) is 2.13. The summed E-state index contributed by atoms with van der Waals surface area (Å²) in [6, 6.07) is 0. The third-order valence-corrected chi connectivity index (χ3v) is 3.19. The lowest BCUT2D eigenvalue weighted by Crippen LogP contribution is -2.55. The van der Waals surface area contributed by atoms with Crippen molar-refractivity contribution in [3.05, 3.63) is 11.9 Å². The Bertz CT molecular complexity index is 411. The summed E-state index contributed by atoms with van der Waals surface area (Å²) in [5.41, 5.74) is 0.366. The van der Waals surface area contributed by atoms with Gasteiger partial charge in [-0.05, 0) is 6.42 Å². The van der Waals surface area contributed by atoms with Crippen LogP contribution in [-0.2, 0) is 11.3 Å². The SMILES string of the molecule is CCCn1cc([C@@H]2OC(CO)[C@H](O)C(O)C2O)nn1. The van der Waals surface area contributed by atoms with Gasteiger partial charge in [-0.2, -0.15) is 0 Å². The van der Waals surface area contributed by atoms with Crippen molar-refractivity contribution in [3.63, 3.8) is 0 Å². The maximum absolute atomic E-state index is 9.92. The largest absolute Gasteiger partial charge is 0.394 e. The third kappa shape index (κ3) is 2.77.